The largest absolute Gasteiger partial charge is 0.493 e. The number of hydrogen-bond acceptors (Lipinski definition) is 6. The first kappa shape index (κ1) is 26.2. The van der Waals surface area contributed by atoms with E-state index in [9.17, 15) is 9.18 Å². The highest BCUT2D eigenvalue weighted by Gasteiger charge is 2.16. The Morgan fingerprint density at radius 2 is 1.31 bits per heavy atom. The Kier molecular flexibility index (Phi) is 8.94. The first-order valence-corrected chi connectivity index (χ1v) is 10.9. The Bertz CT molecular complexity index is 1240. The van der Waals surface area contributed by atoms with E-state index in [0.717, 1.165) is 5.56 Å². The minimum atomic E-state index is -0.395. The maximum atomic E-state index is 13.1. The van der Waals surface area contributed by atoms with Crippen LogP contribution in [-0.4, -0.2) is 41.5 Å². The maximum absolute atomic E-state index is 13.1. The van der Waals surface area contributed by atoms with Gasteiger partial charge in [-0.25, -0.2) is 4.39 Å². The van der Waals surface area contributed by atoms with Crippen LogP contribution in [0.5, 0.6) is 28.7 Å². The number of ether oxygens (including phenoxy) is 5. The molecule has 3 aromatic carbocycles. The number of benzene rings is 3. The number of carbonyl (C=O) groups is 1. The molecule has 1 amide bonds. The van der Waals surface area contributed by atoms with Gasteiger partial charge in [-0.05, 0) is 53.6 Å². The van der Waals surface area contributed by atoms with E-state index in [0.29, 0.717) is 45.6 Å². The summed E-state index contributed by atoms with van der Waals surface area (Å²) < 4.78 is 40.3. The normalized spacial score (nSPS) is 10.9. The number of hydrogen-bond donors (Lipinski definition) is 1. The average molecular weight is 494 g/mol. The Labute approximate surface area is 209 Å². The lowest BCUT2D eigenvalue weighted by molar-refractivity contribution is -0.111. The van der Waals surface area contributed by atoms with Crippen LogP contribution in [-0.2, 0) is 4.79 Å². The minimum Gasteiger partial charge on any atom is -0.493 e. The van der Waals surface area contributed by atoms with Gasteiger partial charge in [0.05, 0.1) is 41.2 Å². The fraction of sp³-hybridized carbons (Fsp3) is 0.179. The number of halogens is 1. The van der Waals surface area contributed by atoms with Crippen molar-refractivity contribution in [2.75, 3.05) is 40.9 Å². The Balaban J connectivity index is 1.96. The van der Waals surface area contributed by atoms with Gasteiger partial charge in [0.2, 0.25) is 11.7 Å². The fourth-order valence-corrected chi connectivity index (χ4v) is 3.50. The van der Waals surface area contributed by atoms with Gasteiger partial charge in [0.25, 0.3) is 0 Å². The highest BCUT2D eigenvalue weighted by Crippen LogP contribution is 2.40. The quantitative estimate of drug-likeness (QED) is 0.289. The molecule has 1 N–H and O–H groups in total. The molecular formula is C28H28FNO6. The van der Waals surface area contributed by atoms with Gasteiger partial charge in [0.1, 0.15) is 5.82 Å². The molecule has 0 heterocycles. The zero-order valence-corrected chi connectivity index (χ0v) is 20.8. The zero-order chi connectivity index (χ0) is 26.1. The van der Waals surface area contributed by atoms with Crippen molar-refractivity contribution in [3.05, 3.63) is 77.1 Å². The number of anilines is 1. The first-order chi connectivity index (χ1) is 17.4. The predicted molar refractivity (Wildman–Crippen MR) is 139 cm³/mol. The molecule has 0 aliphatic heterocycles. The molecule has 0 aliphatic carbocycles. The van der Waals surface area contributed by atoms with Crippen molar-refractivity contribution < 1.29 is 32.9 Å². The van der Waals surface area contributed by atoms with Crippen LogP contribution in [0.15, 0.2) is 54.6 Å². The molecule has 0 aliphatic rings. The van der Waals surface area contributed by atoms with Crippen LogP contribution in [0.1, 0.15) is 16.7 Å². The van der Waals surface area contributed by atoms with Crippen molar-refractivity contribution in [2.24, 2.45) is 0 Å². The van der Waals surface area contributed by atoms with Crippen molar-refractivity contribution in [1.29, 1.82) is 0 Å². The minimum absolute atomic E-state index is 0.346. The molecule has 36 heavy (non-hydrogen) atoms. The lowest BCUT2D eigenvalue weighted by atomic mass is 10.1. The Morgan fingerprint density at radius 1 is 0.694 bits per heavy atom. The van der Waals surface area contributed by atoms with E-state index >= 15 is 0 Å². The molecule has 0 bridgehead atoms. The van der Waals surface area contributed by atoms with E-state index in [1.165, 1.54) is 32.4 Å². The zero-order valence-electron chi connectivity index (χ0n) is 20.8. The average Bonchev–Trinajstić information content (AvgIpc) is 2.90. The third kappa shape index (κ3) is 6.15. The van der Waals surface area contributed by atoms with Crippen molar-refractivity contribution >= 4 is 29.8 Å². The summed E-state index contributed by atoms with van der Waals surface area (Å²) in [6, 6.07) is 13.0. The van der Waals surface area contributed by atoms with Gasteiger partial charge in [-0.2, -0.15) is 0 Å². The fourth-order valence-electron chi connectivity index (χ4n) is 3.50. The number of carbonyl (C=O) groups excluding carboxylic acids is 1. The molecule has 0 unspecified atom stereocenters. The Morgan fingerprint density at radius 3 is 1.86 bits per heavy atom. The number of methoxy groups -OCH3 is 5. The van der Waals surface area contributed by atoms with E-state index in [1.807, 2.05) is 24.3 Å². The third-order valence-corrected chi connectivity index (χ3v) is 5.27. The summed E-state index contributed by atoms with van der Waals surface area (Å²) in [6.45, 7) is 0. The van der Waals surface area contributed by atoms with Crippen LogP contribution < -0.4 is 29.0 Å². The van der Waals surface area contributed by atoms with Gasteiger partial charge in [0.15, 0.2) is 23.0 Å². The van der Waals surface area contributed by atoms with Crippen LogP contribution in [0.3, 0.4) is 0 Å². The van der Waals surface area contributed by atoms with Gasteiger partial charge < -0.3 is 29.0 Å². The van der Waals surface area contributed by atoms with Gasteiger partial charge in [-0.1, -0.05) is 24.3 Å². The molecule has 188 valence electrons. The SMILES string of the molecule is COc1cc(/C=C/c2ccc(OC)c(OC)c2NC(=O)/C=C/c2ccc(F)cc2)cc(OC)c1OC. The number of amides is 1. The summed E-state index contributed by atoms with van der Waals surface area (Å²) in [4.78, 5) is 12.7. The molecule has 3 rings (SSSR count). The van der Waals surface area contributed by atoms with Crippen molar-refractivity contribution in [3.63, 3.8) is 0 Å². The summed E-state index contributed by atoms with van der Waals surface area (Å²) in [7, 11) is 7.65. The van der Waals surface area contributed by atoms with Gasteiger partial charge >= 0.3 is 0 Å². The monoisotopic (exact) mass is 493 g/mol. The molecule has 0 fully saturated rings. The number of nitrogens with one attached hydrogen (secondary N) is 1. The van der Waals surface area contributed by atoms with Gasteiger partial charge in [-0.3, -0.25) is 4.79 Å². The van der Waals surface area contributed by atoms with E-state index in [1.54, 1.807) is 51.7 Å². The summed E-state index contributed by atoms with van der Waals surface area (Å²) in [6.07, 6.45) is 6.61. The van der Waals surface area contributed by atoms with Crippen molar-refractivity contribution in [1.82, 2.24) is 0 Å². The molecule has 7 nitrogen and oxygen atoms in total. The van der Waals surface area contributed by atoms with Crippen LogP contribution >= 0.6 is 0 Å². The second kappa shape index (κ2) is 12.3. The molecule has 3 aromatic rings. The van der Waals surface area contributed by atoms with Crippen LogP contribution in [0.25, 0.3) is 18.2 Å². The highest BCUT2D eigenvalue weighted by molar-refractivity contribution is 6.04. The van der Waals surface area contributed by atoms with Crippen LogP contribution in [0.4, 0.5) is 10.1 Å². The Hall–Kier alpha value is -4.46. The standard InChI is InChI=1S/C28H28FNO6/c1-32-22-14-11-20(10-6-19-16-23(33-2)27(35-4)24(17-19)34-3)26(28(22)36-5)30-25(31)15-9-18-7-12-21(29)13-8-18/h6-17H,1-5H3,(H,30,31)/b10-6+,15-9+. The maximum Gasteiger partial charge on any atom is 0.248 e. The molecule has 0 spiro atoms. The summed E-state index contributed by atoms with van der Waals surface area (Å²) in [5.41, 5.74) is 2.57. The lowest BCUT2D eigenvalue weighted by Gasteiger charge is -2.16. The first-order valence-electron chi connectivity index (χ1n) is 10.9. The molecule has 0 aromatic heterocycles. The van der Waals surface area contributed by atoms with Gasteiger partial charge in [0, 0.05) is 11.6 Å². The molecule has 0 saturated heterocycles. The molecule has 0 atom stereocenters. The summed E-state index contributed by atoms with van der Waals surface area (Å²) in [5.74, 6) is 1.61. The molecule has 0 saturated carbocycles. The predicted octanol–water partition coefficient (Wildman–Crippen LogP) is 5.69. The van der Waals surface area contributed by atoms with E-state index in [2.05, 4.69) is 5.32 Å². The van der Waals surface area contributed by atoms with Crippen LogP contribution in [0, 0.1) is 5.82 Å². The van der Waals surface area contributed by atoms with E-state index in [4.69, 9.17) is 23.7 Å². The van der Waals surface area contributed by atoms with Gasteiger partial charge in [-0.15, -0.1) is 0 Å². The number of rotatable bonds is 10. The summed E-state index contributed by atoms with van der Waals surface area (Å²) in [5, 5.41) is 2.86. The second-order valence-electron chi connectivity index (χ2n) is 7.43. The van der Waals surface area contributed by atoms with E-state index < -0.39 is 5.91 Å². The summed E-state index contributed by atoms with van der Waals surface area (Å²) >= 11 is 0. The topological polar surface area (TPSA) is 75.2 Å². The van der Waals surface area contributed by atoms with E-state index in [-0.39, 0.29) is 5.82 Å². The molecule has 8 heteroatoms. The van der Waals surface area contributed by atoms with Crippen molar-refractivity contribution in [2.45, 2.75) is 0 Å². The smallest absolute Gasteiger partial charge is 0.248 e. The molecular weight excluding hydrogens is 465 g/mol. The lowest BCUT2D eigenvalue weighted by Crippen LogP contribution is -2.11. The van der Waals surface area contributed by atoms with Crippen molar-refractivity contribution in [3.8, 4) is 28.7 Å². The third-order valence-electron chi connectivity index (χ3n) is 5.27. The molecule has 0 radical (unpaired) electrons. The highest BCUT2D eigenvalue weighted by atomic mass is 19.1. The van der Waals surface area contributed by atoms with Crippen LogP contribution in [0.2, 0.25) is 0 Å². The second-order valence-corrected chi connectivity index (χ2v) is 7.43.